The monoisotopic (exact) mass is 162 g/mol. The van der Waals surface area contributed by atoms with E-state index in [1.807, 2.05) is 0 Å². The van der Waals surface area contributed by atoms with Crippen LogP contribution in [-0.2, 0) is 4.79 Å². The second-order valence-corrected chi connectivity index (χ2v) is 1.92. The number of carbonyl (C=O) groups is 1. The Labute approximate surface area is 63.2 Å². The van der Waals surface area contributed by atoms with Crippen molar-refractivity contribution >= 4 is 5.97 Å². The molecule has 4 N–H and O–H groups in total. The van der Waals surface area contributed by atoms with Gasteiger partial charge in [-0.1, -0.05) is 6.08 Å². The van der Waals surface area contributed by atoms with E-state index in [0.717, 1.165) is 12.2 Å². The van der Waals surface area contributed by atoms with E-state index >= 15 is 0 Å². The van der Waals surface area contributed by atoms with Gasteiger partial charge in [0.2, 0.25) is 0 Å². The lowest BCUT2D eigenvalue weighted by Gasteiger charge is -2.00. The van der Waals surface area contributed by atoms with E-state index in [1.54, 1.807) is 0 Å². The van der Waals surface area contributed by atoms with Crippen LogP contribution in [0.5, 0.6) is 0 Å². The van der Waals surface area contributed by atoms with Crippen molar-refractivity contribution in [3.63, 3.8) is 0 Å². The molecule has 2 atom stereocenters. The molecule has 11 heavy (non-hydrogen) atoms. The van der Waals surface area contributed by atoms with Crippen LogP contribution in [0, 0.1) is 0 Å². The molecule has 5 nitrogen and oxygen atoms in total. The van der Waals surface area contributed by atoms with Gasteiger partial charge < -0.3 is 20.4 Å². The van der Waals surface area contributed by atoms with Gasteiger partial charge in [0, 0.05) is 0 Å². The zero-order valence-electron chi connectivity index (χ0n) is 5.71. The molecule has 0 saturated heterocycles. The van der Waals surface area contributed by atoms with Crippen molar-refractivity contribution in [1.82, 2.24) is 0 Å². The predicted molar refractivity (Wildman–Crippen MR) is 35.9 cm³/mol. The number of hydrogen-bond donors (Lipinski definition) is 4. The average molecular weight is 162 g/mol. The van der Waals surface area contributed by atoms with Crippen LogP contribution in [0.1, 0.15) is 0 Å². The van der Waals surface area contributed by atoms with E-state index in [0.29, 0.717) is 0 Å². The Balaban J connectivity index is 3.82. The molecule has 0 bridgehead atoms. The third kappa shape index (κ3) is 4.49. The van der Waals surface area contributed by atoms with Gasteiger partial charge in [-0.15, -0.1) is 0 Å². The van der Waals surface area contributed by atoms with Gasteiger partial charge in [0.15, 0.2) is 6.10 Å². The van der Waals surface area contributed by atoms with Crippen LogP contribution < -0.4 is 0 Å². The Kier molecular flexibility index (Phi) is 4.44. The van der Waals surface area contributed by atoms with Gasteiger partial charge in [-0.3, -0.25) is 0 Å². The Hall–Kier alpha value is -0.910. The lowest BCUT2D eigenvalue weighted by atomic mass is 10.2. The molecule has 64 valence electrons. The van der Waals surface area contributed by atoms with Crippen molar-refractivity contribution in [2.75, 3.05) is 6.61 Å². The van der Waals surface area contributed by atoms with Gasteiger partial charge in [0.25, 0.3) is 0 Å². The smallest absolute Gasteiger partial charge is 0.336 e. The summed E-state index contributed by atoms with van der Waals surface area (Å²) in [5.74, 6) is -1.40. The summed E-state index contributed by atoms with van der Waals surface area (Å²) in [7, 11) is 0. The number of aliphatic carboxylic acids is 1. The highest BCUT2D eigenvalue weighted by atomic mass is 16.4. The van der Waals surface area contributed by atoms with Gasteiger partial charge in [0.1, 0.15) is 0 Å². The molecule has 5 heteroatoms. The fraction of sp³-hybridized carbons (Fsp3) is 0.500. The SMILES string of the molecule is O=C(O)C(O)/C=C/C(O)CO. The van der Waals surface area contributed by atoms with Crippen molar-refractivity contribution in [2.45, 2.75) is 12.2 Å². The summed E-state index contributed by atoms with van der Waals surface area (Å²) >= 11 is 0. The summed E-state index contributed by atoms with van der Waals surface area (Å²) in [4.78, 5) is 9.95. The molecule has 0 heterocycles. The van der Waals surface area contributed by atoms with Gasteiger partial charge in [-0.2, -0.15) is 0 Å². The minimum Gasteiger partial charge on any atom is -0.479 e. The number of carboxylic acid groups (broad SMARTS) is 1. The second-order valence-electron chi connectivity index (χ2n) is 1.92. The molecule has 0 rings (SSSR count). The van der Waals surface area contributed by atoms with Crippen LogP contribution in [0.25, 0.3) is 0 Å². The number of aliphatic hydroxyl groups is 3. The van der Waals surface area contributed by atoms with Crippen LogP contribution in [-0.4, -0.2) is 45.2 Å². The molecule has 0 aromatic carbocycles. The fourth-order valence-corrected chi connectivity index (χ4v) is 0.377. The van der Waals surface area contributed by atoms with Crippen molar-refractivity contribution in [2.24, 2.45) is 0 Å². The molecule has 2 unspecified atom stereocenters. The largest absolute Gasteiger partial charge is 0.479 e. The van der Waals surface area contributed by atoms with Crippen LogP contribution in [0.2, 0.25) is 0 Å². The molecule has 0 amide bonds. The number of aliphatic hydroxyl groups excluding tert-OH is 3. The first-order chi connectivity index (χ1) is 5.07. The molecular weight excluding hydrogens is 152 g/mol. The summed E-state index contributed by atoms with van der Waals surface area (Å²) < 4.78 is 0. The summed E-state index contributed by atoms with van der Waals surface area (Å²) in [6.07, 6.45) is -0.845. The first-order valence-corrected chi connectivity index (χ1v) is 2.96. The van der Waals surface area contributed by atoms with Gasteiger partial charge in [-0.05, 0) is 6.08 Å². The average Bonchev–Trinajstić information content (AvgIpc) is 1.99. The van der Waals surface area contributed by atoms with Crippen molar-refractivity contribution in [1.29, 1.82) is 0 Å². The molecule has 0 aromatic rings. The first-order valence-electron chi connectivity index (χ1n) is 2.96. The summed E-state index contributed by atoms with van der Waals surface area (Å²) in [5, 5.41) is 33.6. The molecule has 0 fully saturated rings. The lowest BCUT2D eigenvalue weighted by molar-refractivity contribution is -0.144. The number of rotatable bonds is 4. The normalized spacial score (nSPS) is 16.6. The molecule has 0 aliphatic carbocycles. The van der Waals surface area contributed by atoms with E-state index in [1.165, 1.54) is 0 Å². The zero-order chi connectivity index (χ0) is 8.85. The quantitative estimate of drug-likeness (QED) is 0.371. The van der Waals surface area contributed by atoms with E-state index < -0.39 is 24.8 Å². The maximum atomic E-state index is 9.95. The maximum Gasteiger partial charge on any atom is 0.336 e. The molecule has 0 saturated carbocycles. The molecule has 0 spiro atoms. The van der Waals surface area contributed by atoms with E-state index in [-0.39, 0.29) is 0 Å². The second kappa shape index (κ2) is 4.84. The summed E-state index contributed by atoms with van der Waals surface area (Å²) in [6.45, 7) is -0.497. The van der Waals surface area contributed by atoms with Gasteiger partial charge in [-0.25, -0.2) is 4.79 Å². The topological polar surface area (TPSA) is 98.0 Å². The Morgan fingerprint density at radius 1 is 1.36 bits per heavy atom. The highest BCUT2D eigenvalue weighted by Gasteiger charge is 2.08. The van der Waals surface area contributed by atoms with Crippen molar-refractivity contribution < 1.29 is 25.2 Å². The van der Waals surface area contributed by atoms with Crippen LogP contribution >= 0.6 is 0 Å². The summed E-state index contributed by atoms with van der Waals surface area (Å²) in [6, 6.07) is 0. The standard InChI is InChI=1S/C6H10O5/c7-3-4(8)1-2-5(9)6(10)11/h1-2,4-5,7-9H,3H2,(H,10,11)/b2-1+. The zero-order valence-corrected chi connectivity index (χ0v) is 5.71. The third-order valence-electron chi connectivity index (χ3n) is 0.956. The Bertz CT molecular complexity index is 153. The van der Waals surface area contributed by atoms with Crippen LogP contribution in [0.3, 0.4) is 0 Å². The van der Waals surface area contributed by atoms with E-state index in [9.17, 15) is 4.79 Å². The third-order valence-corrected chi connectivity index (χ3v) is 0.956. The fourth-order valence-electron chi connectivity index (χ4n) is 0.377. The molecular formula is C6H10O5. The van der Waals surface area contributed by atoms with E-state index in [4.69, 9.17) is 20.4 Å². The minimum absolute atomic E-state index is 0.497. The highest BCUT2D eigenvalue weighted by Crippen LogP contribution is 1.89. The number of carboxylic acids is 1. The maximum absolute atomic E-state index is 9.95. The lowest BCUT2D eigenvalue weighted by Crippen LogP contribution is -2.17. The van der Waals surface area contributed by atoms with Crippen molar-refractivity contribution in [3.05, 3.63) is 12.2 Å². The molecule has 0 aliphatic heterocycles. The molecule has 0 aliphatic rings. The minimum atomic E-state index is -1.63. The molecule has 0 aromatic heterocycles. The highest BCUT2D eigenvalue weighted by molar-refractivity contribution is 5.74. The first kappa shape index (κ1) is 10.1. The number of hydrogen-bond acceptors (Lipinski definition) is 4. The predicted octanol–water partition coefficient (Wildman–Crippen LogP) is -1.66. The Morgan fingerprint density at radius 2 is 1.91 bits per heavy atom. The Morgan fingerprint density at radius 3 is 2.27 bits per heavy atom. The summed E-state index contributed by atoms with van der Waals surface area (Å²) in [5.41, 5.74) is 0. The van der Waals surface area contributed by atoms with Crippen molar-refractivity contribution in [3.8, 4) is 0 Å². The van der Waals surface area contributed by atoms with Crippen LogP contribution in [0.4, 0.5) is 0 Å². The van der Waals surface area contributed by atoms with Gasteiger partial charge in [0.05, 0.1) is 12.7 Å². The van der Waals surface area contributed by atoms with Crippen LogP contribution in [0.15, 0.2) is 12.2 Å². The van der Waals surface area contributed by atoms with E-state index in [2.05, 4.69) is 0 Å². The molecule has 0 radical (unpaired) electrons. The van der Waals surface area contributed by atoms with Gasteiger partial charge >= 0.3 is 5.97 Å².